The Kier molecular flexibility index (Phi) is 6.26. The Morgan fingerprint density at radius 1 is 1.27 bits per heavy atom. The Bertz CT molecular complexity index is 283. The Morgan fingerprint density at radius 2 is 2.00 bits per heavy atom. The van der Waals surface area contributed by atoms with E-state index in [1.807, 2.05) is 5.38 Å². The molecule has 0 fully saturated rings. The average Bonchev–Trinajstić information content (AvgIpc) is 2.60. The van der Waals surface area contributed by atoms with Gasteiger partial charge in [0, 0.05) is 0 Å². The average molecular weight is 249 g/mol. The van der Waals surface area contributed by atoms with Crippen LogP contribution in [0.25, 0.3) is 0 Å². The van der Waals surface area contributed by atoms with E-state index in [1.54, 1.807) is 0 Å². The van der Waals surface area contributed by atoms with Crippen LogP contribution in [0.3, 0.4) is 0 Å². The molecule has 86 valence electrons. The van der Waals surface area contributed by atoms with Crippen LogP contribution in [0, 0.1) is 0 Å². The molecule has 0 spiro atoms. The fourth-order valence-electron chi connectivity index (χ4n) is 1.67. The summed E-state index contributed by atoms with van der Waals surface area (Å²) < 4.78 is 13.4. The number of alkyl halides is 1. The van der Waals surface area contributed by atoms with Crippen molar-refractivity contribution >= 4 is 22.9 Å². The van der Waals surface area contributed by atoms with Crippen molar-refractivity contribution in [2.24, 2.45) is 0 Å². The zero-order chi connectivity index (χ0) is 11.1. The molecule has 15 heavy (non-hydrogen) atoms. The zero-order valence-corrected chi connectivity index (χ0v) is 10.8. The summed E-state index contributed by atoms with van der Waals surface area (Å²) >= 11 is 7.46. The van der Waals surface area contributed by atoms with Crippen LogP contribution < -0.4 is 0 Å². The minimum atomic E-state index is -0.381. The van der Waals surface area contributed by atoms with E-state index in [0.717, 1.165) is 28.3 Å². The van der Waals surface area contributed by atoms with Crippen molar-refractivity contribution in [3.63, 3.8) is 0 Å². The van der Waals surface area contributed by atoms with Crippen molar-refractivity contribution in [3.05, 3.63) is 20.8 Å². The molecule has 0 nitrogen and oxygen atoms in total. The Hall–Kier alpha value is -0.0800. The summed E-state index contributed by atoms with van der Waals surface area (Å²) in [6.07, 6.45) is 7.13. The molecule has 0 atom stereocenters. The lowest BCUT2D eigenvalue weighted by Crippen LogP contribution is -1.89. The van der Waals surface area contributed by atoms with Crippen molar-refractivity contribution in [3.8, 4) is 0 Å². The van der Waals surface area contributed by atoms with Gasteiger partial charge in [0.25, 0.3) is 0 Å². The Morgan fingerprint density at radius 3 is 2.67 bits per heavy atom. The number of unbranched alkanes of at least 4 members (excludes halogenated alkanes) is 4. The van der Waals surface area contributed by atoms with Gasteiger partial charge in [-0.1, -0.05) is 44.2 Å². The topological polar surface area (TPSA) is 0 Å². The van der Waals surface area contributed by atoms with E-state index in [-0.39, 0.29) is 6.67 Å². The molecule has 0 radical (unpaired) electrons. The van der Waals surface area contributed by atoms with Gasteiger partial charge in [-0.05, 0) is 29.3 Å². The standard InChI is InChI=1S/C12H18ClFS/c1-2-3-4-5-6-7-11-10(8-14)9-15-12(11)13/h9H,2-8H2,1H3. The lowest BCUT2D eigenvalue weighted by Gasteiger charge is -2.02. The molecule has 0 bridgehead atoms. The second-order valence-corrected chi connectivity index (χ2v) is 5.29. The van der Waals surface area contributed by atoms with Gasteiger partial charge in [-0.15, -0.1) is 11.3 Å². The number of rotatable bonds is 7. The van der Waals surface area contributed by atoms with Crippen molar-refractivity contribution in [2.75, 3.05) is 0 Å². The third-order valence-corrected chi connectivity index (χ3v) is 3.95. The second kappa shape index (κ2) is 7.24. The van der Waals surface area contributed by atoms with E-state index < -0.39 is 0 Å². The highest BCUT2D eigenvalue weighted by Crippen LogP contribution is 2.29. The maximum atomic E-state index is 12.6. The van der Waals surface area contributed by atoms with Gasteiger partial charge in [0.05, 0.1) is 4.34 Å². The fourth-order valence-corrected chi connectivity index (χ4v) is 2.84. The highest BCUT2D eigenvalue weighted by atomic mass is 35.5. The molecule has 3 heteroatoms. The van der Waals surface area contributed by atoms with Gasteiger partial charge in [-0.2, -0.15) is 0 Å². The normalized spacial score (nSPS) is 10.9. The molecule has 0 saturated heterocycles. The van der Waals surface area contributed by atoms with Crippen molar-refractivity contribution in [1.82, 2.24) is 0 Å². The fraction of sp³-hybridized carbons (Fsp3) is 0.667. The van der Waals surface area contributed by atoms with Crippen LogP contribution in [-0.4, -0.2) is 0 Å². The van der Waals surface area contributed by atoms with Crippen molar-refractivity contribution in [1.29, 1.82) is 0 Å². The number of thiophene rings is 1. The summed E-state index contributed by atoms with van der Waals surface area (Å²) in [6.45, 7) is 1.82. The van der Waals surface area contributed by atoms with Crippen molar-refractivity contribution < 1.29 is 4.39 Å². The van der Waals surface area contributed by atoms with Crippen molar-refractivity contribution in [2.45, 2.75) is 52.1 Å². The van der Waals surface area contributed by atoms with Crippen LogP contribution >= 0.6 is 22.9 Å². The number of hydrogen-bond donors (Lipinski definition) is 0. The zero-order valence-electron chi connectivity index (χ0n) is 9.19. The summed E-state index contributed by atoms with van der Waals surface area (Å²) in [5.74, 6) is 0. The van der Waals surface area contributed by atoms with Crippen LogP contribution in [0.1, 0.15) is 50.2 Å². The van der Waals surface area contributed by atoms with E-state index in [4.69, 9.17) is 11.6 Å². The first-order valence-corrected chi connectivity index (χ1v) is 6.86. The van der Waals surface area contributed by atoms with E-state index in [9.17, 15) is 4.39 Å². The van der Waals surface area contributed by atoms with Crippen LogP contribution in [0.2, 0.25) is 4.34 Å². The van der Waals surface area contributed by atoms with Crippen LogP contribution in [0.15, 0.2) is 5.38 Å². The van der Waals surface area contributed by atoms with Gasteiger partial charge < -0.3 is 0 Å². The molecule has 1 aromatic heterocycles. The van der Waals surface area contributed by atoms with E-state index >= 15 is 0 Å². The lowest BCUT2D eigenvalue weighted by atomic mass is 10.1. The third kappa shape index (κ3) is 4.12. The first-order chi connectivity index (χ1) is 7.29. The molecule has 0 aliphatic heterocycles. The molecular weight excluding hydrogens is 231 g/mol. The van der Waals surface area contributed by atoms with Crippen LogP contribution in [0.5, 0.6) is 0 Å². The molecule has 1 heterocycles. The predicted molar refractivity (Wildman–Crippen MR) is 66.6 cm³/mol. The van der Waals surface area contributed by atoms with Crippen LogP contribution in [-0.2, 0) is 13.1 Å². The molecule has 0 aliphatic carbocycles. The van der Waals surface area contributed by atoms with E-state index in [2.05, 4.69) is 6.92 Å². The largest absolute Gasteiger partial charge is 0.246 e. The molecule has 0 unspecified atom stereocenters. The van der Waals surface area contributed by atoms with Gasteiger partial charge >= 0.3 is 0 Å². The highest BCUT2D eigenvalue weighted by Gasteiger charge is 2.09. The third-order valence-electron chi connectivity index (χ3n) is 2.60. The summed E-state index contributed by atoms with van der Waals surface area (Å²) in [5.41, 5.74) is 1.83. The lowest BCUT2D eigenvalue weighted by molar-refractivity contribution is 0.482. The highest BCUT2D eigenvalue weighted by molar-refractivity contribution is 7.14. The minimum Gasteiger partial charge on any atom is -0.246 e. The van der Waals surface area contributed by atoms with Crippen LogP contribution in [0.4, 0.5) is 4.39 Å². The molecule has 0 aliphatic rings. The van der Waals surface area contributed by atoms with E-state index in [1.165, 1.54) is 37.0 Å². The van der Waals surface area contributed by atoms with Gasteiger partial charge in [0.15, 0.2) is 0 Å². The maximum Gasteiger partial charge on any atom is 0.116 e. The first-order valence-electron chi connectivity index (χ1n) is 5.60. The molecule has 0 N–H and O–H groups in total. The first kappa shape index (κ1) is 13.0. The summed E-state index contributed by atoms with van der Waals surface area (Å²) in [7, 11) is 0. The second-order valence-electron chi connectivity index (χ2n) is 3.81. The number of halogens is 2. The maximum absolute atomic E-state index is 12.6. The molecular formula is C12H18ClFS. The SMILES string of the molecule is CCCCCCCc1c(CF)csc1Cl. The van der Waals surface area contributed by atoms with Gasteiger partial charge in [0.1, 0.15) is 6.67 Å². The molecule has 1 rings (SSSR count). The molecule has 0 amide bonds. The van der Waals surface area contributed by atoms with E-state index in [0.29, 0.717) is 0 Å². The smallest absolute Gasteiger partial charge is 0.116 e. The molecule has 0 saturated carbocycles. The summed E-state index contributed by atoms with van der Waals surface area (Å²) in [6, 6.07) is 0. The minimum absolute atomic E-state index is 0.381. The Labute approximate surface area is 100 Å². The number of hydrogen-bond acceptors (Lipinski definition) is 1. The summed E-state index contributed by atoms with van der Waals surface area (Å²) in [4.78, 5) is 0. The monoisotopic (exact) mass is 248 g/mol. The van der Waals surface area contributed by atoms with Gasteiger partial charge in [-0.25, -0.2) is 4.39 Å². The van der Waals surface area contributed by atoms with Gasteiger partial charge in [0.2, 0.25) is 0 Å². The predicted octanol–water partition coefficient (Wildman–Crippen LogP) is 5.38. The molecule has 0 aromatic carbocycles. The quantitative estimate of drug-likeness (QED) is 0.568. The van der Waals surface area contributed by atoms with Gasteiger partial charge in [-0.3, -0.25) is 0 Å². The Balaban J connectivity index is 2.33. The molecule has 1 aromatic rings. The summed E-state index contributed by atoms with van der Waals surface area (Å²) in [5, 5.41) is 1.84.